The maximum Gasteiger partial charge on any atom is 0.416 e. The van der Waals surface area contributed by atoms with Crippen LogP contribution in [0.4, 0.5) is 13.2 Å². The van der Waals surface area contributed by atoms with Gasteiger partial charge in [0, 0.05) is 6.07 Å². The molecule has 0 amide bonds. The van der Waals surface area contributed by atoms with Crippen LogP contribution in [0.2, 0.25) is 0 Å². The minimum atomic E-state index is -4.42. The Morgan fingerprint density at radius 1 is 1.10 bits per heavy atom. The molecule has 0 fully saturated rings. The SMILES string of the molecule is O=C(O)c1cccc(Oc2ccc(C(F)(F)F)cc2)n1. The largest absolute Gasteiger partial charge is 0.477 e. The molecule has 0 aliphatic carbocycles. The first-order valence-corrected chi connectivity index (χ1v) is 5.42. The summed E-state index contributed by atoms with van der Waals surface area (Å²) in [6.45, 7) is 0. The Bertz CT molecular complexity index is 624. The van der Waals surface area contributed by atoms with Gasteiger partial charge in [0.05, 0.1) is 5.56 Å². The number of rotatable bonds is 3. The molecule has 104 valence electrons. The molecule has 7 heteroatoms. The van der Waals surface area contributed by atoms with Gasteiger partial charge in [0.15, 0.2) is 5.69 Å². The Hall–Kier alpha value is -2.57. The Balaban J connectivity index is 2.18. The summed E-state index contributed by atoms with van der Waals surface area (Å²) in [6.07, 6.45) is -4.42. The molecule has 1 aromatic carbocycles. The second-order valence-electron chi connectivity index (χ2n) is 3.79. The predicted octanol–water partition coefficient (Wildman–Crippen LogP) is 3.59. The van der Waals surface area contributed by atoms with Gasteiger partial charge < -0.3 is 9.84 Å². The van der Waals surface area contributed by atoms with Crippen molar-refractivity contribution in [1.82, 2.24) is 4.98 Å². The van der Waals surface area contributed by atoms with Crippen LogP contribution in [0, 0.1) is 0 Å². The third-order valence-corrected chi connectivity index (χ3v) is 2.35. The maximum absolute atomic E-state index is 12.4. The first kappa shape index (κ1) is 13.9. The molecule has 2 aromatic rings. The normalized spacial score (nSPS) is 11.2. The summed E-state index contributed by atoms with van der Waals surface area (Å²) < 4.78 is 42.3. The van der Waals surface area contributed by atoms with Crippen molar-refractivity contribution < 1.29 is 27.8 Å². The number of halogens is 3. The monoisotopic (exact) mass is 283 g/mol. The van der Waals surface area contributed by atoms with Crippen LogP contribution in [0.15, 0.2) is 42.5 Å². The molecule has 0 saturated carbocycles. The van der Waals surface area contributed by atoms with E-state index in [0.29, 0.717) is 0 Å². The molecule has 0 radical (unpaired) electrons. The van der Waals surface area contributed by atoms with Crippen molar-refractivity contribution in [2.75, 3.05) is 0 Å². The van der Waals surface area contributed by atoms with Crippen molar-refractivity contribution in [1.29, 1.82) is 0 Å². The van der Waals surface area contributed by atoms with Crippen LogP contribution in [0.1, 0.15) is 16.1 Å². The lowest BCUT2D eigenvalue weighted by Crippen LogP contribution is -2.04. The lowest BCUT2D eigenvalue weighted by atomic mass is 10.2. The van der Waals surface area contributed by atoms with Gasteiger partial charge in [-0.2, -0.15) is 13.2 Å². The topological polar surface area (TPSA) is 59.4 Å². The minimum Gasteiger partial charge on any atom is -0.477 e. The van der Waals surface area contributed by atoms with Crippen LogP contribution in [0.25, 0.3) is 0 Å². The smallest absolute Gasteiger partial charge is 0.416 e. The highest BCUT2D eigenvalue weighted by atomic mass is 19.4. The number of aromatic nitrogens is 1. The third-order valence-electron chi connectivity index (χ3n) is 2.35. The van der Waals surface area contributed by atoms with Gasteiger partial charge in [-0.25, -0.2) is 9.78 Å². The van der Waals surface area contributed by atoms with E-state index in [2.05, 4.69) is 4.98 Å². The second-order valence-corrected chi connectivity index (χ2v) is 3.79. The Morgan fingerprint density at radius 3 is 2.30 bits per heavy atom. The zero-order valence-corrected chi connectivity index (χ0v) is 9.89. The number of nitrogens with zero attached hydrogens (tertiary/aromatic N) is 1. The molecule has 0 spiro atoms. The third kappa shape index (κ3) is 3.25. The average molecular weight is 283 g/mol. The number of carboxylic acid groups (broad SMARTS) is 1. The van der Waals surface area contributed by atoms with Crippen LogP contribution in [-0.2, 0) is 6.18 Å². The van der Waals surface area contributed by atoms with Gasteiger partial charge in [0.1, 0.15) is 5.75 Å². The fraction of sp³-hybridized carbons (Fsp3) is 0.0769. The van der Waals surface area contributed by atoms with Crippen molar-refractivity contribution in [3.05, 3.63) is 53.7 Å². The lowest BCUT2D eigenvalue weighted by Gasteiger charge is -2.08. The van der Waals surface area contributed by atoms with Crippen LogP contribution in [0.5, 0.6) is 11.6 Å². The maximum atomic E-state index is 12.4. The summed E-state index contributed by atoms with van der Waals surface area (Å²) in [6, 6.07) is 8.13. The van der Waals surface area contributed by atoms with E-state index in [0.717, 1.165) is 24.3 Å². The highest BCUT2D eigenvalue weighted by Crippen LogP contribution is 2.31. The number of alkyl halides is 3. The van der Waals surface area contributed by atoms with Gasteiger partial charge in [0.2, 0.25) is 5.88 Å². The van der Waals surface area contributed by atoms with Crippen molar-refractivity contribution >= 4 is 5.97 Å². The fourth-order valence-electron chi connectivity index (χ4n) is 1.42. The summed E-state index contributed by atoms with van der Waals surface area (Å²) >= 11 is 0. The van der Waals surface area contributed by atoms with Crippen LogP contribution in [0.3, 0.4) is 0 Å². The predicted molar refractivity (Wildman–Crippen MR) is 62.7 cm³/mol. The summed E-state index contributed by atoms with van der Waals surface area (Å²) in [5, 5.41) is 8.76. The molecule has 1 aromatic heterocycles. The van der Waals surface area contributed by atoms with E-state index in [9.17, 15) is 18.0 Å². The number of pyridine rings is 1. The molecule has 0 aliphatic rings. The number of carboxylic acids is 1. The van der Waals surface area contributed by atoms with Gasteiger partial charge >= 0.3 is 12.1 Å². The minimum absolute atomic E-state index is 0.00958. The lowest BCUT2D eigenvalue weighted by molar-refractivity contribution is -0.137. The van der Waals surface area contributed by atoms with Gasteiger partial charge in [-0.1, -0.05) is 6.07 Å². The molecule has 0 atom stereocenters. The molecule has 0 bridgehead atoms. The second kappa shape index (κ2) is 5.20. The van der Waals surface area contributed by atoms with E-state index in [1.165, 1.54) is 18.2 Å². The van der Waals surface area contributed by atoms with Crippen molar-refractivity contribution in [2.45, 2.75) is 6.18 Å². The fourth-order valence-corrected chi connectivity index (χ4v) is 1.42. The standard InChI is InChI=1S/C13H8F3NO3/c14-13(15,16)8-4-6-9(7-5-8)20-11-3-1-2-10(17-11)12(18)19/h1-7H,(H,18,19). The highest BCUT2D eigenvalue weighted by molar-refractivity contribution is 5.85. The Labute approximate surface area is 111 Å². The quantitative estimate of drug-likeness (QED) is 0.935. The number of benzene rings is 1. The van der Waals surface area contributed by atoms with Crippen LogP contribution < -0.4 is 4.74 Å². The molecule has 0 saturated heterocycles. The van der Waals surface area contributed by atoms with Crippen molar-refractivity contribution in [3.8, 4) is 11.6 Å². The molecule has 1 heterocycles. The van der Waals surface area contributed by atoms with E-state index >= 15 is 0 Å². The molecule has 20 heavy (non-hydrogen) atoms. The number of carbonyl (C=O) groups is 1. The first-order valence-electron chi connectivity index (χ1n) is 5.42. The van der Waals surface area contributed by atoms with E-state index in [1.807, 2.05) is 0 Å². The van der Waals surface area contributed by atoms with E-state index in [1.54, 1.807) is 0 Å². The van der Waals surface area contributed by atoms with Gasteiger partial charge in [-0.3, -0.25) is 0 Å². The summed E-state index contributed by atoms with van der Waals surface area (Å²) in [5.74, 6) is -1.10. The van der Waals surface area contributed by atoms with Gasteiger partial charge in [-0.05, 0) is 30.3 Å². The van der Waals surface area contributed by atoms with Crippen LogP contribution in [-0.4, -0.2) is 16.1 Å². The molecule has 0 unspecified atom stereocenters. The molecule has 0 aliphatic heterocycles. The van der Waals surface area contributed by atoms with Crippen LogP contribution >= 0.6 is 0 Å². The van der Waals surface area contributed by atoms with E-state index in [4.69, 9.17) is 9.84 Å². The van der Waals surface area contributed by atoms with Crippen molar-refractivity contribution in [3.63, 3.8) is 0 Å². The highest BCUT2D eigenvalue weighted by Gasteiger charge is 2.30. The number of aromatic carboxylic acids is 1. The van der Waals surface area contributed by atoms with E-state index in [-0.39, 0.29) is 17.3 Å². The average Bonchev–Trinajstić information content (AvgIpc) is 2.38. The first-order chi connectivity index (χ1) is 9.36. The summed E-state index contributed by atoms with van der Waals surface area (Å²) in [5.41, 5.74) is -1.01. The van der Waals surface area contributed by atoms with Gasteiger partial charge in [0.25, 0.3) is 0 Å². The number of ether oxygens (including phenoxy) is 1. The summed E-state index contributed by atoms with van der Waals surface area (Å²) in [7, 11) is 0. The zero-order valence-electron chi connectivity index (χ0n) is 9.89. The molecular formula is C13H8F3NO3. The van der Waals surface area contributed by atoms with Gasteiger partial charge in [-0.15, -0.1) is 0 Å². The molecule has 2 rings (SSSR count). The number of hydrogen-bond acceptors (Lipinski definition) is 3. The Morgan fingerprint density at radius 2 is 1.75 bits per heavy atom. The Kier molecular flexibility index (Phi) is 3.60. The van der Waals surface area contributed by atoms with E-state index < -0.39 is 17.7 Å². The molecule has 4 nitrogen and oxygen atoms in total. The summed E-state index contributed by atoms with van der Waals surface area (Å²) in [4.78, 5) is 14.4. The zero-order chi connectivity index (χ0) is 14.8. The molecular weight excluding hydrogens is 275 g/mol. The molecule has 1 N–H and O–H groups in total. The number of hydrogen-bond donors (Lipinski definition) is 1. The van der Waals surface area contributed by atoms with Crippen molar-refractivity contribution in [2.24, 2.45) is 0 Å².